The van der Waals surface area contributed by atoms with Gasteiger partial charge in [0.05, 0.1) is 10.7 Å². The van der Waals surface area contributed by atoms with Gasteiger partial charge in [0.15, 0.2) is 0 Å². The van der Waals surface area contributed by atoms with Crippen molar-refractivity contribution in [2.24, 2.45) is 11.3 Å². The molecular weight excluding hydrogens is 353 g/mol. The molecule has 26 heavy (non-hydrogen) atoms. The van der Waals surface area contributed by atoms with Crippen LogP contribution in [-0.4, -0.2) is 25.7 Å². The largest absolute Gasteiger partial charge is 0.381 e. The van der Waals surface area contributed by atoms with E-state index in [-0.39, 0.29) is 17.0 Å². The van der Waals surface area contributed by atoms with Gasteiger partial charge in [0.25, 0.3) is 0 Å². The van der Waals surface area contributed by atoms with Crippen molar-refractivity contribution in [1.29, 1.82) is 0 Å². The molecule has 2 aliphatic rings. The van der Waals surface area contributed by atoms with Gasteiger partial charge in [-0.15, -0.1) is 0 Å². The molecule has 1 amide bonds. The normalized spacial score (nSPS) is 20.1. The van der Waals surface area contributed by atoms with Crippen LogP contribution in [0.15, 0.2) is 12.1 Å². The summed E-state index contributed by atoms with van der Waals surface area (Å²) in [5.74, 6) is -0.0434. The number of halogens is 2. The Kier molecular flexibility index (Phi) is 5.38. The molecule has 1 saturated carbocycles. The van der Waals surface area contributed by atoms with E-state index in [2.05, 4.69) is 6.92 Å². The van der Waals surface area contributed by atoms with Gasteiger partial charge in [-0.3, -0.25) is 4.79 Å². The van der Waals surface area contributed by atoms with Crippen molar-refractivity contribution in [2.75, 3.05) is 24.7 Å². The van der Waals surface area contributed by atoms with Crippen LogP contribution in [0, 0.1) is 17.2 Å². The highest BCUT2D eigenvalue weighted by atomic mass is 35.5. The number of anilines is 1. The van der Waals surface area contributed by atoms with Gasteiger partial charge in [-0.1, -0.05) is 39.3 Å². The first kappa shape index (κ1) is 19.6. The highest BCUT2D eigenvalue weighted by Crippen LogP contribution is 2.42. The van der Waals surface area contributed by atoms with E-state index >= 15 is 4.39 Å². The third kappa shape index (κ3) is 4.07. The Morgan fingerprint density at radius 3 is 2.42 bits per heavy atom. The SMILES string of the molecule is CC(C)(C)C(=O)N(CC1CC1)c1c(F)cc(C2(C)CCOCC2)cc1Cl. The minimum atomic E-state index is -0.587. The van der Waals surface area contributed by atoms with Crippen LogP contribution >= 0.6 is 11.6 Å². The van der Waals surface area contributed by atoms with Crippen molar-refractivity contribution in [3.63, 3.8) is 0 Å². The molecule has 0 spiro atoms. The summed E-state index contributed by atoms with van der Waals surface area (Å²) in [4.78, 5) is 14.5. The summed E-state index contributed by atoms with van der Waals surface area (Å²) in [5, 5.41) is 0.325. The van der Waals surface area contributed by atoms with E-state index in [1.807, 2.05) is 26.8 Å². The summed E-state index contributed by atoms with van der Waals surface area (Å²) >= 11 is 6.54. The maximum atomic E-state index is 15.2. The molecule has 1 heterocycles. The first-order valence-electron chi connectivity index (χ1n) is 9.51. The summed E-state index contributed by atoms with van der Waals surface area (Å²) in [6.45, 7) is 9.59. The average molecular weight is 382 g/mol. The Labute approximate surface area is 160 Å². The molecule has 3 nitrogen and oxygen atoms in total. The molecule has 144 valence electrons. The first-order valence-corrected chi connectivity index (χ1v) is 9.89. The highest BCUT2D eigenvalue weighted by Gasteiger charge is 2.37. The number of carbonyl (C=O) groups is 1. The summed E-state index contributed by atoms with van der Waals surface area (Å²) in [5.41, 5.74) is 0.395. The van der Waals surface area contributed by atoms with Crippen LogP contribution in [0.3, 0.4) is 0 Å². The van der Waals surface area contributed by atoms with E-state index < -0.39 is 11.2 Å². The number of benzene rings is 1. The first-order chi connectivity index (χ1) is 12.1. The fourth-order valence-corrected chi connectivity index (χ4v) is 3.83. The van der Waals surface area contributed by atoms with E-state index in [1.54, 1.807) is 11.0 Å². The molecule has 0 aromatic heterocycles. The Hall–Kier alpha value is -1.13. The van der Waals surface area contributed by atoms with Crippen molar-refractivity contribution in [3.05, 3.63) is 28.5 Å². The quantitative estimate of drug-likeness (QED) is 0.704. The van der Waals surface area contributed by atoms with Crippen LogP contribution in [0.4, 0.5) is 10.1 Å². The van der Waals surface area contributed by atoms with Gasteiger partial charge in [-0.2, -0.15) is 0 Å². The molecule has 1 saturated heterocycles. The number of hydrogen-bond acceptors (Lipinski definition) is 2. The van der Waals surface area contributed by atoms with Crippen LogP contribution < -0.4 is 4.90 Å². The minimum absolute atomic E-state index is 0.0878. The topological polar surface area (TPSA) is 29.5 Å². The third-order valence-electron chi connectivity index (χ3n) is 5.60. The smallest absolute Gasteiger partial charge is 0.232 e. The molecule has 0 bridgehead atoms. The number of rotatable bonds is 4. The lowest BCUT2D eigenvalue weighted by atomic mass is 9.76. The lowest BCUT2D eigenvalue weighted by molar-refractivity contribution is -0.125. The summed E-state index contributed by atoms with van der Waals surface area (Å²) in [6, 6.07) is 3.42. The monoisotopic (exact) mass is 381 g/mol. The van der Waals surface area contributed by atoms with E-state index in [1.165, 1.54) is 0 Å². The fraction of sp³-hybridized carbons (Fsp3) is 0.667. The van der Waals surface area contributed by atoms with Crippen LogP contribution in [0.5, 0.6) is 0 Å². The molecule has 0 unspecified atom stereocenters. The second kappa shape index (κ2) is 7.12. The van der Waals surface area contributed by atoms with E-state index in [0.29, 0.717) is 30.7 Å². The van der Waals surface area contributed by atoms with E-state index in [4.69, 9.17) is 16.3 Å². The predicted molar refractivity (Wildman–Crippen MR) is 103 cm³/mol. The van der Waals surface area contributed by atoms with Gasteiger partial charge in [0.2, 0.25) is 5.91 Å². The number of hydrogen-bond donors (Lipinski definition) is 0. The molecule has 1 aromatic carbocycles. The maximum Gasteiger partial charge on any atom is 0.232 e. The third-order valence-corrected chi connectivity index (χ3v) is 5.89. The molecule has 2 fully saturated rings. The standard InChI is InChI=1S/C21H29ClFNO2/c1-20(2,3)19(25)24(13-14-5-6-14)18-16(22)11-15(12-17(18)23)21(4)7-9-26-10-8-21/h11-12,14H,5-10,13H2,1-4H3. The molecule has 0 atom stereocenters. The Bertz CT molecular complexity index is 665. The summed E-state index contributed by atoms with van der Waals surface area (Å²) in [6.07, 6.45) is 3.86. The summed E-state index contributed by atoms with van der Waals surface area (Å²) < 4.78 is 20.6. The lowest BCUT2D eigenvalue weighted by Gasteiger charge is -2.35. The number of ether oxygens (including phenoxy) is 1. The van der Waals surface area contributed by atoms with Crippen LogP contribution in [0.25, 0.3) is 0 Å². The van der Waals surface area contributed by atoms with Crippen molar-refractivity contribution in [2.45, 2.75) is 58.8 Å². The van der Waals surface area contributed by atoms with Gasteiger partial charge >= 0.3 is 0 Å². The Balaban J connectivity index is 1.98. The number of nitrogens with zero attached hydrogens (tertiary/aromatic N) is 1. The summed E-state index contributed by atoms with van der Waals surface area (Å²) in [7, 11) is 0. The number of amides is 1. The molecular formula is C21H29ClFNO2. The van der Waals surface area contributed by atoms with Crippen molar-refractivity contribution in [1.82, 2.24) is 0 Å². The van der Waals surface area contributed by atoms with E-state index in [9.17, 15) is 4.79 Å². The molecule has 0 radical (unpaired) electrons. The van der Waals surface area contributed by atoms with Crippen molar-refractivity contribution >= 4 is 23.2 Å². The van der Waals surface area contributed by atoms with E-state index in [0.717, 1.165) is 31.2 Å². The van der Waals surface area contributed by atoms with Gasteiger partial charge < -0.3 is 9.64 Å². The molecule has 1 aliphatic heterocycles. The van der Waals surface area contributed by atoms with Gasteiger partial charge in [-0.25, -0.2) is 4.39 Å². The molecule has 0 N–H and O–H groups in total. The Morgan fingerprint density at radius 2 is 1.92 bits per heavy atom. The van der Waals surface area contributed by atoms with Gasteiger partial charge in [-0.05, 0) is 54.7 Å². The van der Waals surface area contributed by atoms with Gasteiger partial charge in [0.1, 0.15) is 5.82 Å². The molecule has 5 heteroatoms. The van der Waals surface area contributed by atoms with Crippen molar-refractivity contribution < 1.29 is 13.9 Å². The van der Waals surface area contributed by atoms with Crippen LogP contribution in [-0.2, 0) is 14.9 Å². The second-order valence-electron chi connectivity index (χ2n) is 9.07. The Morgan fingerprint density at radius 1 is 1.31 bits per heavy atom. The number of carbonyl (C=O) groups excluding carboxylic acids is 1. The average Bonchev–Trinajstić information content (AvgIpc) is 3.36. The van der Waals surface area contributed by atoms with Crippen LogP contribution in [0.2, 0.25) is 5.02 Å². The zero-order chi connectivity index (χ0) is 19.1. The minimum Gasteiger partial charge on any atom is -0.381 e. The maximum absolute atomic E-state index is 15.2. The van der Waals surface area contributed by atoms with Crippen LogP contribution in [0.1, 0.15) is 58.9 Å². The second-order valence-corrected chi connectivity index (χ2v) is 9.48. The zero-order valence-corrected chi connectivity index (χ0v) is 17.0. The lowest BCUT2D eigenvalue weighted by Crippen LogP contribution is -2.41. The van der Waals surface area contributed by atoms with Gasteiger partial charge in [0, 0.05) is 25.2 Å². The highest BCUT2D eigenvalue weighted by molar-refractivity contribution is 6.34. The predicted octanol–water partition coefficient (Wildman–Crippen LogP) is 5.34. The fourth-order valence-electron chi connectivity index (χ4n) is 3.52. The van der Waals surface area contributed by atoms with Crippen molar-refractivity contribution in [3.8, 4) is 0 Å². The molecule has 1 aromatic rings. The zero-order valence-electron chi connectivity index (χ0n) is 16.2. The molecule has 1 aliphatic carbocycles. The molecule has 3 rings (SSSR count).